The fraction of sp³-hybridized carbons (Fsp3) is 0.438. The van der Waals surface area contributed by atoms with Crippen molar-refractivity contribution in [2.75, 3.05) is 34.4 Å². The molecule has 0 aromatic heterocycles. The molecule has 0 heterocycles. The zero-order valence-electron chi connectivity index (χ0n) is 13.4. The minimum Gasteiger partial charge on any atom is -0.490 e. The van der Waals surface area contributed by atoms with Gasteiger partial charge in [0.2, 0.25) is 5.78 Å². The molecule has 0 aliphatic carbocycles. The first-order valence-corrected chi connectivity index (χ1v) is 6.80. The Labute approximate surface area is 130 Å². The maximum atomic E-state index is 12.6. The van der Waals surface area contributed by atoms with E-state index in [1.54, 1.807) is 19.1 Å². The van der Waals surface area contributed by atoms with E-state index in [9.17, 15) is 4.79 Å². The number of aryl methyl sites for hydroxylation is 1. The van der Waals surface area contributed by atoms with Gasteiger partial charge >= 0.3 is 0 Å². The second-order valence-electron chi connectivity index (χ2n) is 4.37. The number of hydrogen-bond donors (Lipinski definition) is 0. The summed E-state index contributed by atoms with van der Waals surface area (Å²) in [7, 11) is 3.00. The van der Waals surface area contributed by atoms with Crippen molar-refractivity contribution in [2.24, 2.45) is 0 Å². The lowest BCUT2D eigenvalue weighted by molar-refractivity contribution is 0.0438. The van der Waals surface area contributed by atoms with Crippen LogP contribution >= 0.6 is 0 Å². The smallest absolute Gasteiger partial charge is 0.234 e. The fourth-order valence-corrected chi connectivity index (χ4v) is 1.81. The van der Waals surface area contributed by atoms with Crippen molar-refractivity contribution < 1.29 is 28.5 Å². The third-order valence-corrected chi connectivity index (χ3v) is 2.77. The van der Waals surface area contributed by atoms with Gasteiger partial charge in [-0.15, -0.1) is 0 Å². The van der Waals surface area contributed by atoms with Crippen LogP contribution in [0.15, 0.2) is 24.5 Å². The number of hydrogen-bond acceptors (Lipinski definition) is 6. The van der Waals surface area contributed by atoms with Crippen LogP contribution in [-0.4, -0.2) is 40.2 Å². The number of carbonyl (C=O) groups is 1. The molecule has 22 heavy (non-hydrogen) atoms. The zero-order chi connectivity index (χ0) is 16.5. The molecule has 0 bridgehead atoms. The van der Waals surface area contributed by atoms with E-state index in [0.717, 1.165) is 5.56 Å². The molecule has 0 aliphatic rings. The molecule has 0 fully saturated rings. The van der Waals surface area contributed by atoms with Gasteiger partial charge in [-0.25, -0.2) is 0 Å². The Morgan fingerprint density at radius 2 is 1.77 bits per heavy atom. The Kier molecular flexibility index (Phi) is 7.42. The van der Waals surface area contributed by atoms with Gasteiger partial charge in [0.25, 0.3) is 0 Å². The van der Waals surface area contributed by atoms with Crippen molar-refractivity contribution in [1.82, 2.24) is 0 Å². The van der Waals surface area contributed by atoms with Gasteiger partial charge < -0.3 is 23.7 Å². The van der Waals surface area contributed by atoms with Gasteiger partial charge in [0.15, 0.2) is 19.3 Å². The molecule has 6 heteroatoms. The number of benzene rings is 1. The van der Waals surface area contributed by atoms with Crippen molar-refractivity contribution in [3.63, 3.8) is 0 Å². The lowest BCUT2D eigenvalue weighted by Gasteiger charge is -2.17. The van der Waals surface area contributed by atoms with Crippen LogP contribution in [0.2, 0.25) is 0 Å². The highest BCUT2D eigenvalue weighted by atomic mass is 16.7. The molecule has 1 aromatic carbocycles. The summed E-state index contributed by atoms with van der Waals surface area (Å²) >= 11 is 0. The molecule has 6 nitrogen and oxygen atoms in total. The van der Waals surface area contributed by atoms with Gasteiger partial charge in [0, 0.05) is 14.2 Å². The Bertz CT molecular complexity index is 524. The van der Waals surface area contributed by atoms with Crippen LogP contribution in [0.5, 0.6) is 11.5 Å². The quantitative estimate of drug-likeness (QED) is 0.286. The van der Waals surface area contributed by atoms with Gasteiger partial charge in [-0.1, -0.05) is 12.6 Å². The second-order valence-corrected chi connectivity index (χ2v) is 4.37. The normalized spacial score (nSPS) is 10.2. The summed E-state index contributed by atoms with van der Waals surface area (Å²) < 4.78 is 26.0. The standard InChI is InChI=1S/C16H22O6/c1-6-20-12(3)15(17)14-13(21-9-18-4)8-7-11(2)16(14)22-10-19-5/h7-8H,3,6,9-10H2,1-2,4-5H3. The van der Waals surface area contributed by atoms with Gasteiger partial charge in [-0.05, 0) is 25.5 Å². The van der Waals surface area contributed by atoms with E-state index in [1.165, 1.54) is 14.2 Å². The molecule has 0 saturated heterocycles. The van der Waals surface area contributed by atoms with Crippen molar-refractivity contribution in [3.8, 4) is 11.5 Å². The molecule has 1 aromatic rings. The monoisotopic (exact) mass is 310 g/mol. The Hall–Kier alpha value is -2.05. The van der Waals surface area contributed by atoms with Crippen LogP contribution in [0.1, 0.15) is 22.8 Å². The number of ether oxygens (including phenoxy) is 5. The summed E-state index contributed by atoms with van der Waals surface area (Å²) in [5, 5.41) is 0. The maximum Gasteiger partial charge on any atom is 0.234 e. The minimum atomic E-state index is -0.400. The average Bonchev–Trinajstić information content (AvgIpc) is 2.51. The van der Waals surface area contributed by atoms with Gasteiger partial charge in [-0.2, -0.15) is 0 Å². The number of methoxy groups -OCH3 is 2. The molecular weight excluding hydrogens is 288 g/mol. The predicted octanol–water partition coefficient (Wildman–Crippen LogP) is 2.69. The number of ketones is 1. The summed E-state index contributed by atoms with van der Waals surface area (Å²) in [5.41, 5.74) is 1.02. The highest BCUT2D eigenvalue weighted by molar-refractivity contribution is 6.11. The molecule has 1 rings (SSSR count). The van der Waals surface area contributed by atoms with E-state index in [4.69, 9.17) is 23.7 Å². The molecule has 0 spiro atoms. The van der Waals surface area contributed by atoms with Crippen LogP contribution in [0, 0.1) is 6.92 Å². The van der Waals surface area contributed by atoms with E-state index in [0.29, 0.717) is 18.1 Å². The molecule has 0 unspecified atom stereocenters. The molecule has 122 valence electrons. The molecular formula is C16H22O6. The lowest BCUT2D eigenvalue weighted by Crippen LogP contribution is -2.13. The Balaban J connectivity index is 3.28. The molecule has 0 radical (unpaired) electrons. The van der Waals surface area contributed by atoms with Crippen LogP contribution < -0.4 is 9.47 Å². The zero-order valence-corrected chi connectivity index (χ0v) is 13.4. The number of Topliss-reactive ketones (excluding diaryl/α,β-unsaturated/α-hetero) is 1. The SMILES string of the molecule is C=C(OCC)C(=O)c1c(OCOC)ccc(C)c1OCOC. The Morgan fingerprint density at radius 1 is 1.14 bits per heavy atom. The third-order valence-electron chi connectivity index (χ3n) is 2.77. The fourth-order valence-electron chi connectivity index (χ4n) is 1.81. The highest BCUT2D eigenvalue weighted by Gasteiger charge is 2.24. The summed E-state index contributed by atoms with van der Waals surface area (Å²) in [6.07, 6.45) is 0. The van der Waals surface area contributed by atoms with Crippen molar-refractivity contribution in [1.29, 1.82) is 0 Å². The van der Waals surface area contributed by atoms with Crippen molar-refractivity contribution in [3.05, 3.63) is 35.6 Å². The largest absolute Gasteiger partial charge is 0.490 e. The first kappa shape index (κ1) is 18.0. The summed E-state index contributed by atoms with van der Waals surface area (Å²) in [4.78, 5) is 12.6. The first-order valence-electron chi connectivity index (χ1n) is 6.80. The number of rotatable bonds is 10. The highest BCUT2D eigenvalue weighted by Crippen LogP contribution is 2.34. The van der Waals surface area contributed by atoms with E-state index in [-0.39, 0.29) is 24.9 Å². The number of allylic oxidation sites excluding steroid dienone is 1. The summed E-state index contributed by atoms with van der Waals surface area (Å²) in [5.74, 6) is 0.339. The second kappa shape index (κ2) is 9.07. The summed E-state index contributed by atoms with van der Waals surface area (Å²) in [6.45, 7) is 7.61. The Morgan fingerprint density at radius 3 is 2.36 bits per heavy atom. The average molecular weight is 310 g/mol. The lowest BCUT2D eigenvalue weighted by atomic mass is 10.0. The third kappa shape index (κ3) is 4.47. The van der Waals surface area contributed by atoms with Gasteiger partial charge in [0.1, 0.15) is 17.1 Å². The van der Waals surface area contributed by atoms with E-state index < -0.39 is 5.78 Å². The van der Waals surface area contributed by atoms with E-state index in [1.807, 2.05) is 6.92 Å². The topological polar surface area (TPSA) is 63.2 Å². The molecule has 0 amide bonds. The van der Waals surface area contributed by atoms with Crippen LogP contribution in [0.3, 0.4) is 0 Å². The van der Waals surface area contributed by atoms with Crippen LogP contribution in [0.4, 0.5) is 0 Å². The first-order chi connectivity index (χ1) is 10.6. The van der Waals surface area contributed by atoms with E-state index >= 15 is 0 Å². The van der Waals surface area contributed by atoms with Gasteiger partial charge in [0.05, 0.1) is 6.61 Å². The van der Waals surface area contributed by atoms with E-state index in [2.05, 4.69) is 6.58 Å². The van der Waals surface area contributed by atoms with Crippen LogP contribution in [-0.2, 0) is 14.2 Å². The van der Waals surface area contributed by atoms with Crippen molar-refractivity contribution in [2.45, 2.75) is 13.8 Å². The van der Waals surface area contributed by atoms with Crippen LogP contribution in [0.25, 0.3) is 0 Å². The summed E-state index contributed by atoms with van der Waals surface area (Å²) in [6, 6.07) is 3.47. The molecule has 0 aliphatic heterocycles. The maximum absolute atomic E-state index is 12.6. The molecule has 0 N–H and O–H groups in total. The van der Waals surface area contributed by atoms with Gasteiger partial charge in [-0.3, -0.25) is 4.79 Å². The predicted molar refractivity (Wildman–Crippen MR) is 81.3 cm³/mol. The van der Waals surface area contributed by atoms with Crippen molar-refractivity contribution >= 4 is 5.78 Å². The minimum absolute atomic E-state index is 0.00811. The molecule has 0 atom stereocenters. The molecule has 0 saturated carbocycles. The number of carbonyl (C=O) groups excluding carboxylic acids is 1.